The number of hydrogen-bond acceptors (Lipinski definition) is 4. The first-order valence-electron chi connectivity index (χ1n) is 10.6. The third kappa shape index (κ3) is 4.82. The fourth-order valence-electron chi connectivity index (χ4n) is 3.77. The van der Waals surface area contributed by atoms with E-state index >= 15 is 0 Å². The minimum Gasteiger partial charge on any atom is -0.325 e. The Bertz CT molecular complexity index is 1450. The standard InChI is InChI=1S/C26H23N3O4/c1-18(30)20-10-7-11-21(16-20)27-24(31)17-29-23-13-6-5-12-22(23)25(32)28(26(29)33)15-14-19-8-3-2-4-9-19/h2-13,16H,14-15,17H2,1H3,(H,27,31). The van der Waals surface area contributed by atoms with E-state index in [9.17, 15) is 19.2 Å². The van der Waals surface area contributed by atoms with E-state index in [0.29, 0.717) is 28.6 Å². The van der Waals surface area contributed by atoms with Crippen LogP contribution in [0.15, 0.2) is 88.5 Å². The Labute approximate surface area is 189 Å². The van der Waals surface area contributed by atoms with E-state index < -0.39 is 11.6 Å². The third-order valence-electron chi connectivity index (χ3n) is 5.45. The van der Waals surface area contributed by atoms with E-state index in [1.54, 1.807) is 48.5 Å². The first kappa shape index (κ1) is 22.0. The number of nitrogens with zero attached hydrogens (tertiary/aromatic N) is 2. The summed E-state index contributed by atoms with van der Waals surface area (Å²) in [5.41, 5.74) is 1.43. The molecule has 0 aliphatic heterocycles. The average Bonchev–Trinajstić information content (AvgIpc) is 2.82. The first-order valence-corrected chi connectivity index (χ1v) is 10.6. The Hall–Kier alpha value is -4.26. The van der Waals surface area contributed by atoms with Crippen molar-refractivity contribution in [1.29, 1.82) is 0 Å². The molecule has 7 nitrogen and oxygen atoms in total. The second-order valence-corrected chi connectivity index (χ2v) is 7.76. The summed E-state index contributed by atoms with van der Waals surface area (Å²) in [5, 5.41) is 3.10. The number of nitrogens with one attached hydrogen (secondary N) is 1. The SMILES string of the molecule is CC(=O)c1cccc(NC(=O)Cn2c(=O)n(CCc3ccccc3)c(=O)c3ccccc32)c1. The van der Waals surface area contributed by atoms with Gasteiger partial charge in [-0.1, -0.05) is 54.6 Å². The summed E-state index contributed by atoms with van der Waals surface area (Å²) in [4.78, 5) is 50.7. The maximum Gasteiger partial charge on any atom is 0.331 e. The van der Waals surface area contributed by atoms with Gasteiger partial charge in [0.15, 0.2) is 5.78 Å². The van der Waals surface area contributed by atoms with Gasteiger partial charge in [0.2, 0.25) is 5.91 Å². The van der Waals surface area contributed by atoms with Crippen LogP contribution in [0.1, 0.15) is 22.8 Å². The summed E-state index contributed by atoms with van der Waals surface area (Å²) in [6, 6.07) is 23.0. The molecule has 0 bridgehead atoms. The van der Waals surface area contributed by atoms with Crippen molar-refractivity contribution in [3.8, 4) is 0 Å². The van der Waals surface area contributed by atoms with E-state index in [0.717, 1.165) is 5.56 Å². The van der Waals surface area contributed by atoms with Gasteiger partial charge < -0.3 is 5.32 Å². The highest BCUT2D eigenvalue weighted by Crippen LogP contribution is 2.12. The van der Waals surface area contributed by atoms with E-state index in [2.05, 4.69) is 5.32 Å². The van der Waals surface area contributed by atoms with Gasteiger partial charge in [0.1, 0.15) is 6.54 Å². The predicted molar refractivity (Wildman–Crippen MR) is 128 cm³/mol. The van der Waals surface area contributed by atoms with Crippen molar-refractivity contribution >= 4 is 28.3 Å². The van der Waals surface area contributed by atoms with Crippen molar-refractivity contribution in [2.45, 2.75) is 26.4 Å². The lowest BCUT2D eigenvalue weighted by Crippen LogP contribution is -2.42. The topological polar surface area (TPSA) is 90.2 Å². The molecule has 1 amide bonds. The minimum absolute atomic E-state index is 0.112. The number of aromatic nitrogens is 2. The van der Waals surface area contributed by atoms with E-state index in [-0.39, 0.29) is 24.4 Å². The smallest absolute Gasteiger partial charge is 0.325 e. The van der Waals surface area contributed by atoms with Gasteiger partial charge in [0, 0.05) is 17.8 Å². The van der Waals surface area contributed by atoms with Gasteiger partial charge in [-0.25, -0.2) is 4.79 Å². The van der Waals surface area contributed by atoms with E-state index in [1.165, 1.54) is 16.1 Å². The lowest BCUT2D eigenvalue weighted by Gasteiger charge is -2.14. The molecular formula is C26H23N3O4. The van der Waals surface area contributed by atoms with Crippen molar-refractivity contribution in [1.82, 2.24) is 9.13 Å². The number of carbonyl (C=O) groups excluding carboxylic acids is 2. The molecule has 0 fully saturated rings. The van der Waals surface area contributed by atoms with Crippen molar-refractivity contribution in [2.75, 3.05) is 5.32 Å². The van der Waals surface area contributed by atoms with Crippen LogP contribution in [0, 0.1) is 0 Å². The zero-order valence-corrected chi connectivity index (χ0v) is 18.2. The Balaban J connectivity index is 1.67. The number of benzene rings is 3. The molecule has 4 aromatic rings. The number of carbonyl (C=O) groups is 2. The molecule has 0 aliphatic rings. The van der Waals surface area contributed by atoms with Crippen molar-refractivity contribution in [3.63, 3.8) is 0 Å². The highest BCUT2D eigenvalue weighted by atomic mass is 16.2. The lowest BCUT2D eigenvalue weighted by atomic mass is 10.1. The Morgan fingerprint density at radius 3 is 2.33 bits per heavy atom. The van der Waals surface area contributed by atoms with Gasteiger partial charge >= 0.3 is 5.69 Å². The molecule has 0 atom stereocenters. The van der Waals surface area contributed by atoms with Crippen LogP contribution in [0.4, 0.5) is 5.69 Å². The van der Waals surface area contributed by atoms with Crippen LogP contribution in [0.2, 0.25) is 0 Å². The summed E-state index contributed by atoms with van der Waals surface area (Å²) < 4.78 is 2.49. The highest BCUT2D eigenvalue weighted by Gasteiger charge is 2.15. The molecule has 4 rings (SSSR count). The Morgan fingerprint density at radius 2 is 1.58 bits per heavy atom. The van der Waals surface area contributed by atoms with Gasteiger partial charge in [-0.05, 0) is 43.2 Å². The zero-order chi connectivity index (χ0) is 23.4. The molecule has 0 radical (unpaired) electrons. The quantitative estimate of drug-likeness (QED) is 0.446. The summed E-state index contributed by atoms with van der Waals surface area (Å²) >= 11 is 0. The number of aryl methyl sites for hydroxylation is 1. The summed E-state index contributed by atoms with van der Waals surface area (Å²) in [6.45, 7) is 1.38. The van der Waals surface area contributed by atoms with Crippen molar-refractivity contribution < 1.29 is 9.59 Å². The number of hydrogen-bond donors (Lipinski definition) is 1. The largest absolute Gasteiger partial charge is 0.331 e. The van der Waals surface area contributed by atoms with Crippen LogP contribution >= 0.6 is 0 Å². The van der Waals surface area contributed by atoms with Crippen LogP contribution in [0.5, 0.6) is 0 Å². The van der Waals surface area contributed by atoms with Gasteiger partial charge in [-0.15, -0.1) is 0 Å². The molecule has 7 heteroatoms. The molecule has 1 N–H and O–H groups in total. The molecule has 0 saturated carbocycles. The van der Waals surface area contributed by atoms with Crippen molar-refractivity contribution in [2.24, 2.45) is 0 Å². The number of anilines is 1. The monoisotopic (exact) mass is 441 g/mol. The second kappa shape index (κ2) is 9.48. The predicted octanol–water partition coefficient (Wildman–Crippen LogP) is 3.25. The molecule has 166 valence electrons. The third-order valence-corrected chi connectivity index (χ3v) is 5.45. The fraction of sp³-hybridized carbons (Fsp3) is 0.154. The van der Waals surface area contributed by atoms with Gasteiger partial charge in [-0.3, -0.25) is 23.5 Å². The number of ketones is 1. The Kier molecular flexibility index (Phi) is 6.31. The van der Waals surface area contributed by atoms with Crippen LogP contribution in [0.3, 0.4) is 0 Å². The van der Waals surface area contributed by atoms with Crippen LogP contribution in [-0.2, 0) is 24.3 Å². The van der Waals surface area contributed by atoms with Gasteiger partial charge in [0.25, 0.3) is 5.56 Å². The average molecular weight is 441 g/mol. The zero-order valence-electron chi connectivity index (χ0n) is 18.2. The number of fused-ring (bicyclic) bond motifs is 1. The molecule has 0 spiro atoms. The number of Topliss-reactive ketones (excluding diaryl/α,β-unsaturated/α-hetero) is 1. The number of amides is 1. The normalized spacial score (nSPS) is 10.8. The Morgan fingerprint density at radius 1 is 0.848 bits per heavy atom. The van der Waals surface area contributed by atoms with E-state index in [1.807, 2.05) is 30.3 Å². The minimum atomic E-state index is -0.540. The molecular weight excluding hydrogens is 418 g/mol. The van der Waals surface area contributed by atoms with Crippen LogP contribution in [0.25, 0.3) is 10.9 Å². The van der Waals surface area contributed by atoms with Gasteiger partial charge in [0.05, 0.1) is 10.9 Å². The van der Waals surface area contributed by atoms with Crippen LogP contribution in [-0.4, -0.2) is 20.8 Å². The second-order valence-electron chi connectivity index (χ2n) is 7.76. The summed E-state index contributed by atoms with van der Waals surface area (Å²) in [5.74, 6) is -0.546. The molecule has 33 heavy (non-hydrogen) atoms. The molecule has 1 aromatic heterocycles. The maximum atomic E-state index is 13.3. The van der Waals surface area contributed by atoms with Gasteiger partial charge in [-0.2, -0.15) is 0 Å². The molecule has 0 aliphatic carbocycles. The van der Waals surface area contributed by atoms with Crippen molar-refractivity contribution in [3.05, 3.63) is 111 Å². The van der Waals surface area contributed by atoms with E-state index in [4.69, 9.17) is 0 Å². The lowest BCUT2D eigenvalue weighted by molar-refractivity contribution is -0.116. The molecule has 3 aromatic carbocycles. The fourth-order valence-corrected chi connectivity index (χ4v) is 3.77. The number of para-hydroxylation sites is 1. The molecule has 1 heterocycles. The highest BCUT2D eigenvalue weighted by molar-refractivity contribution is 5.97. The molecule has 0 saturated heterocycles. The van der Waals surface area contributed by atoms with Crippen LogP contribution < -0.4 is 16.6 Å². The summed E-state index contributed by atoms with van der Waals surface area (Å²) in [7, 11) is 0. The maximum absolute atomic E-state index is 13.3. The first-order chi connectivity index (χ1) is 15.9. The summed E-state index contributed by atoms with van der Waals surface area (Å²) in [6.07, 6.45) is 0.512. The number of rotatable bonds is 7. The molecule has 0 unspecified atom stereocenters.